The van der Waals surface area contributed by atoms with Gasteiger partial charge in [0.2, 0.25) is 5.91 Å². The van der Waals surface area contributed by atoms with Crippen LogP contribution in [0.1, 0.15) is 42.5 Å². The lowest BCUT2D eigenvalue weighted by molar-refractivity contribution is -0.134. The summed E-state index contributed by atoms with van der Waals surface area (Å²) in [5, 5.41) is 0. The third kappa shape index (κ3) is 4.32. The van der Waals surface area contributed by atoms with E-state index >= 15 is 0 Å². The van der Waals surface area contributed by atoms with Crippen LogP contribution in [-0.2, 0) is 4.79 Å². The van der Waals surface area contributed by atoms with Gasteiger partial charge in [-0.15, -0.1) is 0 Å². The number of amides is 2. The van der Waals surface area contributed by atoms with E-state index < -0.39 is 0 Å². The Balaban J connectivity index is 1.31. The lowest BCUT2D eigenvalue weighted by Gasteiger charge is -2.32. The molecule has 0 N–H and O–H groups in total. The van der Waals surface area contributed by atoms with Crippen LogP contribution in [0.15, 0.2) is 24.3 Å². The third-order valence-electron chi connectivity index (χ3n) is 6.24. The van der Waals surface area contributed by atoms with E-state index in [1.54, 1.807) is 0 Å². The Kier molecular flexibility index (Phi) is 5.58. The maximum Gasteiger partial charge on any atom is 0.254 e. The summed E-state index contributed by atoms with van der Waals surface area (Å²) in [5.41, 5.74) is 0.693. The molecule has 0 bridgehead atoms. The van der Waals surface area contributed by atoms with Crippen molar-refractivity contribution in [2.45, 2.75) is 44.2 Å². The minimum Gasteiger partial charge on any atom is -0.490 e. The number of carbonyl (C=O) groups excluding carboxylic acids is 2. The molecule has 152 valence electrons. The molecule has 1 atom stereocenters. The first-order valence-corrected chi connectivity index (χ1v) is 10.5. The number of hydrogen-bond acceptors (Lipinski definition) is 4. The number of hydrogen-bond donors (Lipinski definition) is 0. The second-order valence-electron chi connectivity index (χ2n) is 8.60. The van der Waals surface area contributed by atoms with Crippen LogP contribution in [0, 0.1) is 5.92 Å². The summed E-state index contributed by atoms with van der Waals surface area (Å²) in [5.74, 6) is 1.45. The average Bonchev–Trinajstić information content (AvgIpc) is 3.43. The van der Waals surface area contributed by atoms with E-state index in [4.69, 9.17) is 4.74 Å². The maximum atomic E-state index is 12.9. The first-order chi connectivity index (χ1) is 13.5. The van der Waals surface area contributed by atoms with Gasteiger partial charge in [-0.3, -0.25) is 9.59 Å². The molecule has 0 radical (unpaired) electrons. The number of likely N-dealkylation sites (tertiary alicyclic amines) is 2. The second kappa shape index (κ2) is 8.11. The normalized spacial score (nSPS) is 23.3. The number of likely N-dealkylation sites (N-methyl/N-ethyl adjacent to an activating group) is 1. The monoisotopic (exact) mass is 385 g/mol. The molecule has 6 heteroatoms. The van der Waals surface area contributed by atoms with Crippen LogP contribution < -0.4 is 4.74 Å². The highest BCUT2D eigenvalue weighted by Crippen LogP contribution is 2.32. The molecule has 1 aliphatic carbocycles. The Morgan fingerprint density at radius 3 is 2.36 bits per heavy atom. The standard InChI is InChI=1S/C22H31N3O3/c1-23(2)18-8-11-25(15-18)22(27)17-4-3-5-20(14-17)28-19-9-12-24(13-10-19)21(26)16-6-7-16/h3-5,14,16,18-19H,6-13,15H2,1-2H3/t18-/m1/s1. The molecular formula is C22H31N3O3. The summed E-state index contributed by atoms with van der Waals surface area (Å²) in [6, 6.07) is 7.99. The number of rotatable bonds is 5. The van der Waals surface area contributed by atoms with Gasteiger partial charge in [0.25, 0.3) is 5.91 Å². The molecule has 0 spiro atoms. The highest BCUT2D eigenvalue weighted by Gasteiger charge is 2.35. The van der Waals surface area contributed by atoms with Crippen molar-refractivity contribution >= 4 is 11.8 Å². The number of benzene rings is 1. The molecule has 1 aromatic carbocycles. The molecule has 6 nitrogen and oxygen atoms in total. The van der Waals surface area contributed by atoms with E-state index in [0.717, 1.165) is 64.0 Å². The molecule has 0 unspecified atom stereocenters. The molecule has 1 saturated carbocycles. The summed E-state index contributed by atoms with van der Waals surface area (Å²) in [7, 11) is 4.13. The zero-order valence-electron chi connectivity index (χ0n) is 17.0. The number of piperidine rings is 1. The molecule has 0 aromatic heterocycles. The second-order valence-corrected chi connectivity index (χ2v) is 8.60. The fraction of sp³-hybridized carbons (Fsp3) is 0.636. The summed E-state index contributed by atoms with van der Waals surface area (Å²) in [4.78, 5) is 31.1. The number of carbonyl (C=O) groups is 2. The van der Waals surface area contributed by atoms with Gasteiger partial charge in [-0.2, -0.15) is 0 Å². The molecule has 4 rings (SSSR count). The zero-order chi connectivity index (χ0) is 19.7. The van der Waals surface area contributed by atoms with Crippen LogP contribution in [0.3, 0.4) is 0 Å². The fourth-order valence-corrected chi connectivity index (χ4v) is 4.21. The van der Waals surface area contributed by atoms with E-state index in [-0.39, 0.29) is 17.9 Å². The minimum atomic E-state index is 0.0830. The van der Waals surface area contributed by atoms with Gasteiger partial charge in [0.05, 0.1) is 0 Å². The first kappa shape index (κ1) is 19.2. The van der Waals surface area contributed by atoms with Crippen LogP contribution in [0.5, 0.6) is 5.75 Å². The highest BCUT2D eigenvalue weighted by atomic mass is 16.5. The van der Waals surface area contributed by atoms with Crippen LogP contribution in [0.25, 0.3) is 0 Å². The quantitative estimate of drug-likeness (QED) is 0.780. The van der Waals surface area contributed by atoms with Gasteiger partial charge in [-0.25, -0.2) is 0 Å². The van der Waals surface area contributed by atoms with Crippen molar-refractivity contribution in [3.63, 3.8) is 0 Å². The van der Waals surface area contributed by atoms with Crippen molar-refractivity contribution in [2.24, 2.45) is 5.92 Å². The zero-order valence-corrected chi connectivity index (χ0v) is 17.0. The molecule has 2 saturated heterocycles. The summed E-state index contributed by atoms with van der Waals surface area (Å²) < 4.78 is 6.16. The largest absolute Gasteiger partial charge is 0.490 e. The van der Waals surface area contributed by atoms with Crippen molar-refractivity contribution in [3.05, 3.63) is 29.8 Å². The smallest absolute Gasteiger partial charge is 0.254 e. The number of ether oxygens (including phenoxy) is 1. The summed E-state index contributed by atoms with van der Waals surface area (Å²) in [6.07, 6.45) is 4.96. The van der Waals surface area contributed by atoms with Crippen LogP contribution in [-0.4, -0.2) is 78.9 Å². The molecule has 2 amide bonds. The number of nitrogens with zero attached hydrogens (tertiary/aromatic N) is 3. The van der Waals surface area contributed by atoms with E-state index in [9.17, 15) is 9.59 Å². The van der Waals surface area contributed by atoms with Crippen molar-refractivity contribution in [1.29, 1.82) is 0 Å². The van der Waals surface area contributed by atoms with Gasteiger partial charge in [0.1, 0.15) is 11.9 Å². The topological polar surface area (TPSA) is 53.1 Å². The molecule has 2 aliphatic heterocycles. The van der Waals surface area contributed by atoms with Crippen LogP contribution in [0.4, 0.5) is 0 Å². The third-order valence-corrected chi connectivity index (χ3v) is 6.24. The molecular weight excluding hydrogens is 354 g/mol. The molecule has 3 fully saturated rings. The Hall–Kier alpha value is -2.08. The molecule has 1 aromatic rings. The first-order valence-electron chi connectivity index (χ1n) is 10.5. The Morgan fingerprint density at radius 1 is 1.00 bits per heavy atom. The van der Waals surface area contributed by atoms with Crippen molar-refractivity contribution < 1.29 is 14.3 Å². The molecule has 28 heavy (non-hydrogen) atoms. The predicted molar refractivity (Wildman–Crippen MR) is 107 cm³/mol. The Morgan fingerprint density at radius 2 is 1.71 bits per heavy atom. The minimum absolute atomic E-state index is 0.0830. The SMILES string of the molecule is CN(C)[C@@H]1CCN(C(=O)c2cccc(OC3CCN(C(=O)C4CC4)CC3)c2)C1. The Bertz CT molecular complexity index is 723. The van der Waals surface area contributed by atoms with E-state index in [0.29, 0.717) is 17.5 Å². The van der Waals surface area contributed by atoms with Gasteiger partial charge in [-0.05, 0) is 51.6 Å². The van der Waals surface area contributed by atoms with Crippen molar-refractivity contribution in [3.8, 4) is 5.75 Å². The van der Waals surface area contributed by atoms with Crippen LogP contribution in [0.2, 0.25) is 0 Å². The van der Waals surface area contributed by atoms with E-state index in [1.807, 2.05) is 34.1 Å². The average molecular weight is 386 g/mol. The van der Waals surface area contributed by atoms with Gasteiger partial charge >= 0.3 is 0 Å². The summed E-state index contributed by atoms with van der Waals surface area (Å²) in [6.45, 7) is 3.14. The van der Waals surface area contributed by atoms with Crippen molar-refractivity contribution in [2.75, 3.05) is 40.3 Å². The van der Waals surface area contributed by atoms with Gasteiger partial charge in [0.15, 0.2) is 0 Å². The predicted octanol–water partition coefficient (Wildman–Crippen LogP) is 2.24. The van der Waals surface area contributed by atoms with E-state index in [1.165, 1.54) is 0 Å². The van der Waals surface area contributed by atoms with Crippen LogP contribution >= 0.6 is 0 Å². The Labute approximate surface area is 167 Å². The van der Waals surface area contributed by atoms with Gasteiger partial charge in [0, 0.05) is 56.5 Å². The summed E-state index contributed by atoms with van der Waals surface area (Å²) >= 11 is 0. The maximum absolute atomic E-state index is 12.9. The lowest BCUT2D eigenvalue weighted by Crippen LogP contribution is -2.42. The molecule has 2 heterocycles. The van der Waals surface area contributed by atoms with Crippen molar-refractivity contribution in [1.82, 2.24) is 14.7 Å². The highest BCUT2D eigenvalue weighted by molar-refractivity contribution is 5.94. The van der Waals surface area contributed by atoms with Gasteiger partial charge < -0.3 is 19.4 Å². The van der Waals surface area contributed by atoms with E-state index in [2.05, 4.69) is 19.0 Å². The molecule has 3 aliphatic rings. The lowest BCUT2D eigenvalue weighted by atomic mass is 10.1. The van der Waals surface area contributed by atoms with Gasteiger partial charge in [-0.1, -0.05) is 6.07 Å². The fourth-order valence-electron chi connectivity index (χ4n) is 4.21.